The lowest BCUT2D eigenvalue weighted by Gasteiger charge is -2.08. The van der Waals surface area contributed by atoms with Crippen molar-refractivity contribution >= 4 is 33.3 Å². The highest BCUT2D eigenvalue weighted by molar-refractivity contribution is 9.09. The zero-order valence-corrected chi connectivity index (χ0v) is 10.3. The summed E-state index contributed by atoms with van der Waals surface area (Å²) in [6.45, 7) is 1.88. The molecule has 0 amide bonds. The van der Waals surface area contributed by atoms with Crippen LogP contribution in [-0.4, -0.2) is 18.2 Å². The van der Waals surface area contributed by atoms with Gasteiger partial charge in [-0.15, -0.1) is 0 Å². The molecule has 0 unspecified atom stereocenters. The Morgan fingerprint density at radius 3 is 2.71 bits per heavy atom. The summed E-state index contributed by atoms with van der Waals surface area (Å²) in [5.41, 5.74) is 1.43. The van der Waals surface area contributed by atoms with Gasteiger partial charge in [-0.05, 0) is 24.6 Å². The topological polar surface area (TPSA) is 26.3 Å². The van der Waals surface area contributed by atoms with Crippen molar-refractivity contribution in [3.05, 3.63) is 28.3 Å². The number of benzene rings is 1. The van der Waals surface area contributed by atoms with E-state index in [9.17, 15) is 4.79 Å². The minimum Gasteiger partial charge on any atom is -0.496 e. The largest absolute Gasteiger partial charge is 0.496 e. The molecule has 0 aliphatic carbocycles. The molecule has 0 saturated carbocycles. The van der Waals surface area contributed by atoms with Gasteiger partial charge in [-0.1, -0.05) is 27.5 Å². The first-order valence-electron chi connectivity index (χ1n) is 4.03. The predicted molar refractivity (Wildman–Crippen MR) is 60.9 cm³/mol. The maximum Gasteiger partial charge on any atom is 0.174 e. The number of methoxy groups -OCH3 is 1. The molecule has 0 atom stereocenters. The Morgan fingerprint density at radius 1 is 1.57 bits per heavy atom. The highest BCUT2D eigenvalue weighted by Crippen LogP contribution is 2.27. The average Bonchev–Trinajstić information content (AvgIpc) is 2.19. The molecule has 0 heterocycles. The Labute approximate surface area is 96.3 Å². The van der Waals surface area contributed by atoms with E-state index >= 15 is 0 Å². The van der Waals surface area contributed by atoms with Crippen molar-refractivity contribution in [3.63, 3.8) is 0 Å². The van der Waals surface area contributed by atoms with Crippen molar-refractivity contribution in [2.75, 3.05) is 12.4 Å². The number of hydrogen-bond donors (Lipinski definition) is 0. The van der Waals surface area contributed by atoms with E-state index in [4.69, 9.17) is 16.3 Å². The number of ketones is 1. The van der Waals surface area contributed by atoms with Crippen LogP contribution in [0.25, 0.3) is 0 Å². The predicted octanol–water partition coefficient (Wildman–Crippen LogP) is 3.23. The third-order valence-electron chi connectivity index (χ3n) is 1.91. The molecule has 0 N–H and O–H groups in total. The number of halogens is 2. The van der Waals surface area contributed by atoms with Crippen LogP contribution < -0.4 is 4.74 Å². The fourth-order valence-electron chi connectivity index (χ4n) is 1.17. The van der Waals surface area contributed by atoms with Crippen LogP contribution in [0.15, 0.2) is 12.1 Å². The van der Waals surface area contributed by atoms with Crippen LogP contribution in [0.3, 0.4) is 0 Å². The average molecular weight is 278 g/mol. The van der Waals surface area contributed by atoms with Gasteiger partial charge in [0.25, 0.3) is 0 Å². The monoisotopic (exact) mass is 276 g/mol. The maximum absolute atomic E-state index is 11.4. The summed E-state index contributed by atoms with van der Waals surface area (Å²) in [6, 6.07) is 3.40. The van der Waals surface area contributed by atoms with Gasteiger partial charge in [0.05, 0.1) is 17.5 Å². The third-order valence-corrected chi connectivity index (χ3v) is 2.73. The van der Waals surface area contributed by atoms with Gasteiger partial charge in [-0.25, -0.2) is 0 Å². The van der Waals surface area contributed by atoms with E-state index < -0.39 is 0 Å². The Hall–Kier alpha value is -0.540. The van der Waals surface area contributed by atoms with Crippen LogP contribution in [-0.2, 0) is 0 Å². The number of Topliss-reactive ketones (excluding diaryl/α,β-unsaturated/α-hetero) is 1. The van der Waals surface area contributed by atoms with E-state index in [1.807, 2.05) is 6.92 Å². The molecule has 76 valence electrons. The second-order valence-electron chi connectivity index (χ2n) is 2.86. The van der Waals surface area contributed by atoms with Gasteiger partial charge >= 0.3 is 0 Å². The summed E-state index contributed by atoms with van der Waals surface area (Å²) < 4.78 is 5.09. The van der Waals surface area contributed by atoms with E-state index in [0.717, 1.165) is 5.56 Å². The summed E-state index contributed by atoms with van der Waals surface area (Å²) in [6.07, 6.45) is 0. The number of rotatable bonds is 3. The molecule has 2 nitrogen and oxygen atoms in total. The first kappa shape index (κ1) is 11.5. The molecular formula is C10H10BrClO2. The zero-order valence-electron chi connectivity index (χ0n) is 7.93. The first-order chi connectivity index (χ1) is 6.60. The number of alkyl halides is 1. The summed E-state index contributed by atoms with van der Waals surface area (Å²) in [4.78, 5) is 11.4. The number of hydrogen-bond acceptors (Lipinski definition) is 2. The van der Waals surface area contributed by atoms with Crippen LogP contribution in [0, 0.1) is 6.92 Å². The van der Waals surface area contributed by atoms with Crippen LogP contribution in [0.5, 0.6) is 5.75 Å². The van der Waals surface area contributed by atoms with Gasteiger partial charge in [0, 0.05) is 5.56 Å². The Bertz CT molecular complexity index is 363. The summed E-state index contributed by atoms with van der Waals surface area (Å²) in [7, 11) is 1.57. The van der Waals surface area contributed by atoms with E-state index in [1.54, 1.807) is 19.2 Å². The summed E-state index contributed by atoms with van der Waals surface area (Å²) in [5, 5.41) is 0.704. The minimum absolute atomic E-state index is 0.0271. The van der Waals surface area contributed by atoms with Gasteiger partial charge < -0.3 is 4.74 Å². The van der Waals surface area contributed by atoms with Gasteiger partial charge in [-0.3, -0.25) is 4.79 Å². The highest BCUT2D eigenvalue weighted by atomic mass is 79.9. The molecule has 0 saturated heterocycles. The molecule has 0 fully saturated rings. The molecule has 14 heavy (non-hydrogen) atoms. The van der Waals surface area contributed by atoms with Gasteiger partial charge in [0.1, 0.15) is 5.75 Å². The van der Waals surface area contributed by atoms with Crippen molar-refractivity contribution in [3.8, 4) is 5.75 Å². The molecule has 0 spiro atoms. The van der Waals surface area contributed by atoms with E-state index in [1.165, 1.54) is 0 Å². The number of carbonyl (C=O) groups is 1. The number of ether oxygens (including phenoxy) is 1. The quantitative estimate of drug-likeness (QED) is 0.626. The van der Waals surface area contributed by atoms with Gasteiger partial charge in [-0.2, -0.15) is 0 Å². The molecule has 0 aromatic heterocycles. The van der Waals surface area contributed by atoms with Crippen LogP contribution in [0.2, 0.25) is 5.02 Å². The fraction of sp³-hybridized carbons (Fsp3) is 0.300. The summed E-state index contributed by atoms with van der Waals surface area (Å²) in [5.74, 6) is 0.668. The van der Waals surface area contributed by atoms with Gasteiger partial charge in [0.15, 0.2) is 5.78 Å². The SMILES string of the molecule is COc1cc(Cl)c(C(=O)CBr)cc1C. The molecular weight excluding hydrogens is 267 g/mol. The van der Waals surface area contributed by atoms with Crippen molar-refractivity contribution in [1.29, 1.82) is 0 Å². The normalized spacial score (nSPS) is 10.0. The lowest BCUT2D eigenvalue weighted by Crippen LogP contribution is -2.02. The standard InChI is InChI=1S/C10H10BrClO2/c1-6-3-7(9(13)5-11)8(12)4-10(6)14-2/h3-4H,5H2,1-2H3. The van der Waals surface area contributed by atoms with Crippen molar-refractivity contribution in [1.82, 2.24) is 0 Å². The molecule has 4 heteroatoms. The van der Waals surface area contributed by atoms with E-state index in [-0.39, 0.29) is 11.1 Å². The maximum atomic E-state index is 11.4. The number of aryl methyl sites for hydroxylation is 1. The summed E-state index contributed by atoms with van der Waals surface area (Å²) >= 11 is 9.04. The third kappa shape index (κ3) is 2.28. The highest BCUT2D eigenvalue weighted by Gasteiger charge is 2.11. The van der Waals surface area contributed by atoms with E-state index in [2.05, 4.69) is 15.9 Å². The Balaban J connectivity index is 3.21. The second-order valence-corrected chi connectivity index (χ2v) is 3.83. The molecule has 1 aromatic carbocycles. The molecule has 0 aliphatic rings. The Morgan fingerprint density at radius 2 is 2.21 bits per heavy atom. The molecule has 0 radical (unpaired) electrons. The Kier molecular flexibility index (Phi) is 3.96. The smallest absolute Gasteiger partial charge is 0.174 e. The second kappa shape index (κ2) is 4.80. The van der Waals surface area contributed by atoms with E-state index in [0.29, 0.717) is 16.3 Å². The van der Waals surface area contributed by atoms with Crippen molar-refractivity contribution in [2.24, 2.45) is 0 Å². The van der Waals surface area contributed by atoms with Crippen LogP contribution >= 0.6 is 27.5 Å². The van der Waals surface area contributed by atoms with Crippen LogP contribution in [0.4, 0.5) is 0 Å². The molecule has 0 bridgehead atoms. The van der Waals surface area contributed by atoms with Crippen LogP contribution in [0.1, 0.15) is 15.9 Å². The number of carbonyl (C=O) groups excluding carboxylic acids is 1. The van der Waals surface area contributed by atoms with Crippen molar-refractivity contribution < 1.29 is 9.53 Å². The lowest BCUT2D eigenvalue weighted by atomic mass is 10.1. The molecule has 1 aromatic rings. The first-order valence-corrected chi connectivity index (χ1v) is 5.53. The van der Waals surface area contributed by atoms with Gasteiger partial charge in [0.2, 0.25) is 0 Å². The zero-order chi connectivity index (χ0) is 10.7. The lowest BCUT2D eigenvalue weighted by molar-refractivity contribution is 0.102. The molecule has 0 aliphatic heterocycles. The fourth-order valence-corrected chi connectivity index (χ4v) is 1.73. The van der Waals surface area contributed by atoms with Crippen molar-refractivity contribution in [2.45, 2.75) is 6.92 Å². The minimum atomic E-state index is -0.0271. The molecule has 1 rings (SSSR count).